The second-order valence-corrected chi connectivity index (χ2v) is 9.70. The number of aryl methyl sites for hydroxylation is 2. The molecule has 4 aromatic rings. The number of rotatable bonds is 5. The average molecular weight is 482 g/mol. The fourth-order valence-corrected chi connectivity index (χ4v) is 5.94. The van der Waals surface area contributed by atoms with Gasteiger partial charge in [0.1, 0.15) is 0 Å². The highest BCUT2D eigenvalue weighted by atomic mass is 16.5. The summed E-state index contributed by atoms with van der Waals surface area (Å²) in [7, 11) is 1.95. The number of carbonyl (C=O) groups excluding carboxylic acids is 3. The van der Waals surface area contributed by atoms with Gasteiger partial charge in [0.15, 0.2) is 0 Å². The van der Waals surface area contributed by atoms with Crippen LogP contribution in [0, 0.1) is 5.92 Å². The molecule has 1 atom stereocenters. The largest absolute Gasteiger partial charge is 0.466 e. The topological polar surface area (TPSA) is 81.8 Å². The smallest absolute Gasteiger partial charge is 0.302 e. The third-order valence-corrected chi connectivity index (χ3v) is 7.52. The molecule has 36 heavy (non-hydrogen) atoms. The molecule has 1 N–H and O–H groups in total. The molecule has 2 amide bonds. The first-order valence-corrected chi connectivity index (χ1v) is 12.3. The Labute approximate surface area is 208 Å². The van der Waals surface area contributed by atoms with Gasteiger partial charge in [0.05, 0.1) is 23.3 Å². The van der Waals surface area contributed by atoms with E-state index in [9.17, 15) is 14.4 Å². The fraction of sp³-hybridized carbons (Fsp3) is 0.276. The van der Waals surface area contributed by atoms with E-state index >= 15 is 0 Å². The molecule has 0 saturated carbocycles. The number of nitrogens with zero attached hydrogens (tertiary/aromatic N) is 2. The van der Waals surface area contributed by atoms with Crippen LogP contribution < -0.4 is 5.32 Å². The van der Waals surface area contributed by atoms with Crippen LogP contribution in [0.25, 0.3) is 27.6 Å². The van der Waals surface area contributed by atoms with E-state index in [2.05, 4.69) is 9.72 Å². The van der Waals surface area contributed by atoms with Crippen molar-refractivity contribution >= 4 is 45.3 Å². The molecule has 0 spiro atoms. The second kappa shape index (κ2) is 8.52. The number of nitrogens with one attached hydrogen (secondary N) is 1. The number of ether oxygens (including phenoxy) is 1. The lowest BCUT2D eigenvalue weighted by Crippen LogP contribution is -2.23. The van der Waals surface area contributed by atoms with Crippen LogP contribution in [-0.4, -0.2) is 33.4 Å². The number of hydrogen-bond acceptors (Lipinski definition) is 4. The molecule has 1 aliphatic heterocycles. The number of benzene rings is 1. The number of fused-ring (bicyclic) bond motifs is 4. The Morgan fingerprint density at radius 3 is 2.64 bits per heavy atom. The molecule has 0 fully saturated rings. The Balaban J connectivity index is 1.56. The zero-order valence-electron chi connectivity index (χ0n) is 20.3. The van der Waals surface area contributed by atoms with Gasteiger partial charge >= 0.3 is 5.97 Å². The van der Waals surface area contributed by atoms with E-state index < -0.39 is 0 Å². The number of pyridine rings is 1. The predicted molar refractivity (Wildman–Crippen MR) is 137 cm³/mol. The van der Waals surface area contributed by atoms with Crippen LogP contribution in [0.15, 0.2) is 54.9 Å². The lowest BCUT2D eigenvalue weighted by molar-refractivity contribution is -0.141. The third kappa shape index (κ3) is 3.46. The average Bonchev–Trinajstić information content (AvgIpc) is 3.46. The molecule has 3 aromatic heterocycles. The Morgan fingerprint density at radius 2 is 1.81 bits per heavy atom. The first-order valence-electron chi connectivity index (χ1n) is 12.3. The minimum Gasteiger partial charge on any atom is -0.466 e. The van der Waals surface area contributed by atoms with E-state index in [1.807, 2.05) is 66.5 Å². The van der Waals surface area contributed by atoms with Gasteiger partial charge in [0.2, 0.25) is 0 Å². The highest BCUT2D eigenvalue weighted by Crippen LogP contribution is 2.43. The predicted octanol–water partition coefficient (Wildman–Crippen LogP) is 4.06. The SMILES string of the molecule is CC(=O)OCCC1CCc2c(c(C3=C(c4cn(C)c5ccccc45)C(=O)NC3=O)c3ccccn23)C1. The summed E-state index contributed by atoms with van der Waals surface area (Å²) >= 11 is 0. The zero-order valence-corrected chi connectivity index (χ0v) is 20.3. The van der Waals surface area contributed by atoms with Crippen LogP contribution in [0.2, 0.25) is 0 Å². The Morgan fingerprint density at radius 1 is 1.06 bits per heavy atom. The molecule has 7 nitrogen and oxygen atoms in total. The van der Waals surface area contributed by atoms with E-state index in [0.717, 1.165) is 58.8 Å². The summed E-state index contributed by atoms with van der Waals surface area (Å²) < 4.78 is 9.36. The van der Waals surface area contributed by atoms with Crippen LogP contribution in [-0.2, 0) is 39.0 Å². The van der Waals surface area contributed by atoms with Crippen LogP contribution in [0.3, 0.4) is 0 Å². The molecule has 0 saturated heterocycles. The van der Waals surface area contributed by atoms with Crippen molar-refractivity contribution in [2.75, 3.05) is 6.61 Å². The zero-order chi connectivity index (χ0) is 25.0. The van der Waals surface area contributed by atoms with Crippen molar-refractivity contribution < 1.29 is 19.1 Å². The van der Waals surface area contributed by atoms with Crippen LogP contribution in [0.5, 0.6) is 0 Å². The summed E-state index contributed by atoms with van der Waals surface area (Å²) in [5.41, 5.74) is 6.70. The maximum Gasteiger partial charge on any atom is 0.302 e. The summed E-state index contributed by atoms with van der Waals surface area (Å²) in [5.74, 6) is -0.663. The van der Waals surface area contributed by atoms with E-state index in [0.29, 0.717) is 23.7 Å². The number of aromatic nitrogens is 2. The van der Waals surface area contributed by atoms with Crippen molar-refractivity contribution in [3.8, 4) is 0 Å². The summed E-state index contributed by atoms with van der Waals surface area (Å²) in [4.78, 5) is 37.9. The number of amides is 2. The van der Waals surface area contributed by atoms with Gasteiger partial charge in [0.25, 0.3) is 11.8 Å². The third-order valence-electron chi connectivity index (χ3n) is 7.52. The lowest BCUT2D eigenvalue weighted by atomic mass is 9.82. The van der Waals surface area contributed by atoms with Gasteiger partial charge in [-0.3, -0.25) is 19.7 Å². The highest BCUT2D eigenvalue weighted by Gasteiger charge is 2.38. The Hall–Kier alpha value is -4.13. The van der Waals surface area contributed by atoms with E-state index in [1.165, 1.54) is 12.6 Å². The maximum atomic E-state index is 13.4. The molecule has 6 rings (SSSR count). The van der Waals surface area contributed by atoms with Gasteiger partial charge in [-0.15, -0.1) is 0 Å². The Kier molecular flexibility index (Phi) is 5.29. The van der Waals surface area contributed by atoms with Gasteiger partial charge in [-0.05, 0) is 55.4 Å². The molecule has 182 valence electrons. The molecule has 0 radical (unpaired) electrons. The normalized spacial score (nSPS) is 17.7. The molecule has 7 heteroatoms. The molecule has 1 aliphatic carbocycles. The molecular formula is C29H27N3O4. The van der Waals surface area contributed by atoms with E-state index in [4.69, 9.17) is 4.74 Å². The molecule has 1 unspecified atom stereocenters. The van der Waals surface area contributed by atoms with Gasteiger partial charge < -0.3 is 13.7 Å². The minimum absolute atomic E-state index is 0.271. The second-order valence-electron chi connectivity index (χ2n) is 9.70. The number of para-hydroxylation sites is 1. The van der Waals surface area contributed by atoms with Crippen LogP contribution >= 0.6 is 0 Å². The Bertz CT molecular complexity index is 1600. The number of imide groups is 1. The summed E-state index contributed by atoms with van der Waals surface area (Å²) in [6.45, 7) is 1.82. The number of carbonyl (C=O) groups is 3. The summed E-state index contributed by atoms with van der Waals surface area (Å²) in [5, 5.41) is 3.52. The molecular weight excluding hydrogens is 454 g/mol. The van der Waals surface area contributed by atoms with Crippen molar-refractivity contribution in [3.63, 3.8) is 0 Å². The fourth-order valence-electron chi connectivity index (χ4n) is 5.94. The molecule has 1 aromatic carbocycles. The molecule has 4 heterocycles. The van der Waals surface area contributed by atoms with Gasteiger partial charge in [-0.1, -0.05) is 24.3 Å². The van der Waals surface area contributed by atoms with Crippen molar-refractivity contribution in [2.45, 2.75) is 32.6 Å². The standard InChI is InChI=1S/C29H27N3O4/c1-17(33)36-14-12-18-10-11-23-20(15-18)25(24-9-5-6-13-32(23)24)27-26(28(34)30-29(27)35)21-16-31(2)22-8-4-3-7-19(21)22/h3-9,13,16,18H,10-12,14-15H2,1-2H3,(H,30,34,35). The molecule has 2 aliphatic rings. The summed E-state index contributed by atoms with van der Waals surface area (Å²) in [6, 6.07) is 13.9. The van der Waals surface area contributed by atoms with E-state index in [-0.39, 0.29) is 17.8 Å². The van der Waals surface area contributed by atoms with Crippen molar-refractivity contribution in [3.05, 3.63) is 77.2 Å². The van der Waals surface area contributed by atoms with Crippen molar-refractivity contribution in [1.82, 2.24) is 14.3 Å². The number of esters is 1. The number of hydrogen-bond donors (Lipinski definition) is 1. The van der Waals surface area contributed by atoms with Crippen LogP contribution in [0.4, 0.5) is 0 Å². The van der Waals surface area contributed by atoms with Crippen LogP contribution in [0.1, 0.15) is 42.1 Å². The quantitative estimate of drug-likeness (QED) is 0.344. The maximum absolute atomic E-state index is 13.4. The first-order chi connectivity index (χ1) is 17.4. The lowest BCUT2D eigenvalue weighted by Gasteiger charge is -2.23. The highest BCUT2D eigenvalue weighted by molar-refractivity contribution is 6.50. The summed E-state index contributed by atoms with van der Waals surface area (Å²) in [6.07, 6.45) is 7.34. The van der Waals surface area contributed by atoms with Gasteiger partial charge in [0, 0.05) is 54.1 Å². The van der Waals surface area contributed by atoms with Crippen molar-refractivity contribution in [1.29, 1.82) is 0 Å². The first kappa shape index (κ1) is 22.3. The minimum atomic E-state index is -0.363. The van der Waals surface area contributed by atoms with Crippen molar-refractivity contribution in [2.24, 2.45) is 13.0 Å². The van der Waals surface area contributed by atoms with Gasteiger partial charge in [-0.25, -0.2) is 0 Å². The molecule has 0 bridgehead atoms. The van der Waals surface area contributed by atoms with E-state index in [1.54, 1.807) is 0 Å². The van der Waals surface area contributed by atoms with Gasteiger partial charge in [-0.2, -0.15) is 0 Å². The monoisotopic (exact) mass is 481 g/mol.